The van der Waals surface area contributed by atoms with Gasteiger partial charge in [-0.3, -0.25) is 9.59 Å². The van der Waals surface area contributed by atoms with Crippen LogP contribution < -0.4 is 122 Å². The van der Waals surface area contributed by atoms with Crippen molar-refractivity contribution in [2.45, 2.75) is 25.7 Å². The molecule has 50 heavy (non-hydrogen) atoms. The molecule has 0 unspecified atom stereocenters. The number of Topliss-reactive ketones (excluding diaryl/α,β-unsaturated/α-hetero) is 2. The molecule has 16 heteroatoms. The van der Waals surface area contributed by atoms with Gasteiger partial charge in [-0.1, -0.05) is 48.5 Å². The van der Waals surface area contributed by atoms with Gasteiger partial charge in [0.05, 0.1) is 11.9 Å². The minimum Gasteiger partial charge on any atom is -0.736 e. The molecule has 0 heterocycles. The number of carbonyl (C=O) groups is 4. The molecular formula is C34H28Na3O12P. The number of ketones is 2. The molecule has 0 fully saturated rings. The Hall–Kier alpha value is -2.45. The standard InChI is InChI=1S/C34H31O12P.3Na/c35-31(25-3-1-5-29(19-25)43-21-33(37)38)17-11-23-7-13-27(14-8-23)45-47(41,42)46-28-15-9-24(10-16-28)12-18-32(36)26-4-2-6-30(20-26)44-22-34(39)40;;;/h1-10,13-16,19-20H,11-12,17-18,21-22H2,(H,37,38)(H,39,40)(H,41,42);;;/q;3*+1/p-3. The van der Waals surface area contributed by atoms with Gasteiger partial charge >= 0.3 is 96.5 Å². The van der Waals surface area contributed by atoms with Gasteiger partial charge in [-0.2, -0.15) is 0 Å². The van der Waals surface area contributed by atoms with E-state index in [1.54, 1.807) is 48.5 Å². The molecule has 244 valence electrons. The summed E-state index contributed by atoms with van der Waals surface area (Å²) in [7, 11) is -4.81. The van der Waals surface area contributed by atoms with E-state index in [2.05, 4.69) is 0 Å². The van der Waals surface area contributed by atoms with Crippen molar-refractivity contribution in [3.05, 3.63) is 119 Å². The second-order valence-corrected chi connectivity index (χ2v) is 11.4. The molecule has 0 aliphatic carbocycles. The summed E-state index contributed by atoms with van der Waals surface area (Å²) in [5.41, 5.74) is 2.22. The van der Waals surface area contributed by atoms with E-state index in [1.165, 1.54) is 48.5 Å². The van der Waals surface area contributed by atoms with Crippen molar-refractivity contribution in [3.8, 4) is 23.0 Å². The van der Waals surface area contributed by atoms with Crippen LogP contribution in [0, 0.1) is 0 Å². The molecule has 0 aromatic heterocycles. The van der Waals surface area contributed by atoms with Gasteiger partial charge < -0.3 is 43.2 Å². The quantitative estimate of drug-likeness (QED) is 0.0536. The van der Waals surface area contributed by atoms with Gasteiger partial charge in [0.2, 0.25) is 0 Å². The number of phosphoric acid groups is 1. The summed E-state index contributed by atoms with van der Waals surface area (Å²) in [4.78, 5) is 58.8. The van der Waals surface area contributed by atoms with Crippen molar-refractivity contribution in [1.29, 1.82) is 0 Å². The summed E-state index contributed by atoms with van der Waals surface area (Å²) in [6.07, 6.45) is 1.01. The Morgan fingerprint density at radius 3 is 1.24 bits per heavy atom. The molecule has 4 aromatic rings. The van der Waals surface area contributed by atoms with Crippen LogP contribution in [0.5, 0.6) is 23.0 Å². The fourth-order valence-electron chi connectivity index (χ4n) is 4.32. The van der Waals surface area contributed by atoms with Crippen LogP contribution in [0.4, 0.5) is 0 Å². The number of hydrogen-bond acceptors (Lipinski definition) is 12. The third kappa shape index (κ3) is 15.8. The van der Waals surface area contributed by atoms with Gasteiger partial charge in [0.1, 0.15) is 36.2 Å². The van der Waals surface area contributed by atoms with Crippen LogP contribution in [-0.2, 0) is 27.0 Å². The van der Waals surface area contributed by atoms with Crippen LogP contribution in [-0.4, -0.2) is 36.7 Å². The second kappa shape index (κ2) is 22.5. The van der Waals surface area contributed by atoms with Crippen molar-refractivity contribution in [2.24, 2.45) is 0 Å². The Balaban J connectivity index is 0.00000417. The first-order valence-electron chi connectivity index (χ1n) is 14.3. The van der Waals surface area contributed by atoms with Crippen molar-refractivity contribution >= 4 is 31.3 Å². The summed E-state index contributed by atoms with van der Waals surface area (Å²) in [5, 5.41) is 21.1. The maximum Gasteiger partial charge on any atom is 1.00 e. The molecular weight excluding hydrogens is 700 g/mol. The number of benzene rings is 4. The number of carbonyl (C=O) groups excluding carboxylic acids is 4. The van der Waals surface area contributed by atoms with Crippen LogP contribution >= 0.6 is 7.82 Å². The van der Waals surface area contributed by atoms with Crippen molar-refractivity contribution < 1.29 is 146 Å². The largest absolute Gasteiger partial charge is 1.00 e. The Bertz CT molecular complexity index is 1660. The van der Waals surface area contributed by atoms with E-state index >= 15 is 0 Å². The number of rotatable bonds is 18. The zero-order chi connectivity index (χ0) is 33.8. The number of phosphoric ester groups is 1. The Morgan fingerprint density at radius 2 is 0.900 bits per heavy atom. The molecule has 0 saturated heterocycles. The smallest absolute Gasteiger partial charge is 0.736 e. The predicted octanol–water partition coefficient (Wildman–Crippen LogP) is -6.49. The Labute approximate surface area is 355 Å². The molecule has 0 radical (unpaired) electrons. The van der Waals surface area contributed by atoms with Gasteiger partial charge in [0.15, 0.2) is 11.6 Å². The zero-order valence-electron chi connectivity index (χ0n) is 27.8. The Morgan fingerprint density at radius 1 is 0.540 bits per heavy atom. The summed E-state index contributed by atoms with van der Waals surface area (Å²) < 4.78 is 32.7. The van der Waals surface area contributed by atoms with E-state index in [0.717, 1.165) is 11.1 Å². The average molecular weight is 729 g/mol. The third-order valence-electron chi connectivity index (χ3n) is 6.59. The zero-order valence-corrected chi connectivity index (χ0v) is 34.7. The summed E-state index contributed by atoms with van der Waals surface area (Å²) in [5.74, 6) is -2.63. The molecule has 4 rings (SSSR count). The van der Waals surface area contributed by atoms with Gasteiger partial charge in [-0.15, -0.1) is 0 Å². The number of carboxylic acid groups (broad SMARTS) is 2. The van der Waals surface area contributed by atoms with Gasteiger partial charge in [0.25, 0.3) is 0 Å². The van der Waals surface area contributed by atoms with Gasteiger partial charge in [-0.25, -0.2) is 4.57 Å². The molecule has 0 aliphatic heterocycles. The summed E-state index contributed by atoms with van der Waals surface area (Å²) in [6.45, 7) is -1.26. The fraction of sp³-hybridized carbons (Fsp3) is 0.176. The van der Waals surface area contributed by atoms with E-state index in [-0.39, 0.29) is 136 Å². The van der Waals surface area contributed by atoms with Crippen LogP contribution in [0.3, 0.4) is 0 Å². The summed E-state index contributed by atoms with van der Waals surface area (Å²) in [6, 6.07) is 24.5. The van der Waals surface area contributed by atoms with Crippen molar-refractivity contribution in [2.75, 3.05) is 13.2 Å². The number of ether oxygens (including phenoxy) is 2. The van der Waals surface area contributed by atoms with Gasteiger partial charge in [0, 0.05) is 24.0 Å². The van der Waals surface area contributed by atoms with E-state index in [0.29, 0.717) is 24.0 Å². The molecule has 4 aromatic carbocycles. The second-order valence-electron chi connectivity index (χ2n) is 10.1. The fourth-order valence-corrected chi connectivity index (χ4v) is 5.12. The SMILES string of the molecule is O=C([O-])COc1cccc(C(=O)CCc2ccc(OP(=O)([O-])Oc3ccc(CCC(=O)c4cccc(OCC(=O)[O-])c4)cc3)cc2)c1.[Na+].[Na+].[Na+]. The number of hydrogen-bond donors (Lipinski definition) is 0. The molecule has 0 atom stereocenters. The molecule has 12 nitrogen and oxygen atoms in total. The van der Waals surface area contributed by atoms with Gasteiger partial charge in [-0.05, 0) is 72.5 Å². The predicted molar refractivity (Wildman–Crippen MR) is 161 cm³/mol. The molecule has 0 saturated carbocycles. The topological polar surface area (TPSA) is 191 Å². The maximum absolute atomic E-state index is 12.6. The molecule has 0 spiro atoms. The first-order valence-corrected chi connectivity index (χ1v) is 15.7. The van der Waals surface area contributed by atoms with E-state index in [1.807, 2.05) is 0 Å². The van der Waals surface area contributed by atoms with Crippen LogP contribution in [0.2, 0.25) is 0 Å². The molecule has 0 N–H and O–H groups in total. The van der Waals surface area contributed by atoms with Crippen LogP contribution in [0.25, 0.3) is 0 Å². The van der Waals surface area contributed by atoms with Crippen LogP contribution in [0.1, 0.15) is 44.7 Å². The average Bonchev–Trinajstić information content (AvgIpc) is 3.05. The minimum absolute atomic E-state index is 0. The monoisotopic (exact) mass is 728 g/mol. The molecule has 0 aliphatic rings. The number of aliphatic carboxylic acids is 2. The van der Waals surface area contributed by atoms with E-state index in [9.17, 15) is 38.8 Å². The number of carboxylic acids is 2. The van der Waals surface area contributed by atoms with Crippen molar-refractivity contribution in [1.82, 2.24) is 0 Å². The first-order chi connectivity index (χ1) is 22.5. The molecule has 0 amide bonds. The van der Waals surface area contributed by atoms with E-state index < -0.39 is 33.0 Å². The Kier molecular flexibility index (Phi) is 20.5. The first kappa shape index (κ1) is 45.6. The van der Waals surface area contributed by atoms with Crippen molar-refractivity contribution in [3.63, 3.8) is 0 Å². The maximum atomic E-state index is 12.6. The third-order valence-corrected chi connectivity index (χ3v) is 7.46. The number of aryl methyl sites for hydroxylation is 2. The minimum atomic E-state index is -4.81. The molecule has 0 bridgehead atoms. The normalized spacial score (nSPS) is 10.3. The van der Waals surface area contributed by atoms with Crippen LogP contribution in [0.15, 0.2) is 97.1 Å². The van der Waals surface area contributed by atoms with E-state index in [4.69, 9.17) is 18.5 Å². The summed E-state index contributed by atoms with van der Waals surface area (Å²) >= 11 is 0.